The van der Waals surface area contributed by atoms with Crippen molar-refractivity contribution in [3.05, 3.63) is 41.7 Å². The highest BCUT2D eigenvalue weighted by atomic mass is 35.5. The molecular formula is C11H6ClNS. The Morgan fingerprint density at radius 3 is 2.86 bits per heavy atom. The molecule has 0 bridgehead atoms. The minimum absolute atomic E-state index is 0.601. The molecule has 0 aliphatic carbocycles. The lowest BCUT2D eigenvalue weighted by Gasteiger charge is -1.90. The summed E-state index contributed by atoms with van der Waals surface area (Å²) in [6.07, 6.45) is 1.75. The first-order valence-electron chi connectivity index (χ1n) is 4.28. The number of aromatic nitrogens is 1. The van der Waals surface area contributed by atoms with Crippen molar-refractivity contribution in [2.75, 3.05) is 0 Å². The molecular weight excluding hydrogens is 214 g/mol. The van der Waals surface area contributed by atoms with Crippen LogP contribution in [0.5, 0.6) is 0 Å². The molecule has 0 atom stereocenters. The van der Waals surface area contributed by atoms with Gasteiger partial charge in [0.15, 0.2) is 0 Å². The summed E-state index contributed by atoms with van der Waals surface area (Å²) in [6.45, 7) is 0. The normalized spacial score (nSPS) is 11.2. The zero-order valence-corrected chi connectivity index (χ0v) is 8.77. The first-order valence-corrected chi connectivity index (χ1v) is 5.47. The maximum atomic E-state index is 6.03. The number of nitrogens with zero attached hydrogens (tertiary/aromatic N) is 1. The minimum atomic E-state index is 0.601. The average molecular weight is 220 g/mol. The summed E-state index contributed by atoms with van der Waals surface area (Å²) in [5.41, 5.74) is 0. The van der Waals surface area contributed by atoms with Gasteiger partial charge in [0.2, 0.25) is 0 Å². The van der Waals surface area contributed by atoms with Crippen molar-refractivity contribution in [2.45, 2.75) is 0 Å². The number of hydrogen-bond donors (Lipinski definition) is 0. The molecule has 0 N–H and O–H groups in total. The van der Waals surface area contributed by atoms with E-state index in [9.17, 15) is 0 Å². The first kappa shape index (κ1) is 8.21. The van der Waals surface area contributed by atoms with Gasteiger partial charge < -0.3 is 0 Å². The quantitative estimate of drug-likeness (QED) is 0.519. The number of pyridine rings is 1. The van der Waals surface area contributed by atoms with E-state index in [4.69, 9.17) is 11.6 Å². The maximum Gasteiger partial charge on any atom is 0.146 e. The van der Waals surface area contributed by atoms with Crippen molar-refractivity contribution >= 4 is 43.1 Å². The molecule has 14 heavy (non-hydrogen) atoms. The Balaban J connectivity index is 2.63. The van der Waals surface area contributed by atoms with Gasteiger partial charge in [-0.1, -0.05) is 29.8 Å². The van der Waals surface area contributed by atoms with Crippen LogP contribution in [0, 0.1) is 0 Å². The molecule has 0 radical (unpaired) electrons. The van der Waals surface area contributed by atoms with E-state index < -0.39 is 0 Å². The Labute approximate surface area is 90.0 Å². The van der Waals surface area contributed by atoms with Crippen LogP contribution in [0.2, 0.25) is 5.15 Å². The second kappa shape index (κ2) is 2.94. The lowest BCUT2D eigenvalue weighted by molar-refractivity contribution is 1.37. The number of benzene rings is 1. The number of hydrogen-bond acceptors (Lipinski definition) is 2. The molecule has 0 aliphatic rings. The number of thiophene rings is 1. The predicted molar refractivity (Wildman–Crippen MR) is 62.1 cm³/mol. The third-order valence-electron chi connectivity index (χ3n) is 2.25. The first-order chi connectivity index (χ1) is 6.86. The van der Waals surface area contributed by atoms with E-state index in [2.05, 4.69) is 17.1 Å². The summed E-state index contributed by atoms with van der Waals surface area (Å²) in [4.78, 5) is 4.08. The highest BCUT2D eigenvalue weighted by molar-refractivity contribution is 7.26. The van der Waals surface area contributed by atoms with Gasteiger partial charge in [0.05, 0.1) is 4.70 Å². The zero-order valence-electron chi connectivity index (χ0n) is 7.20. The van der Waals surface area contributed by atoms with Crippen LogP contribution in [0.15, 0.2) is 36.5 Å². The Hall–Kier alpha value is -1.12. The molecule has 0 amide bonds. The number of fused-ring (bicyclic) bond motifs is 3. The van der Waals surface area contributed by atoms with Gasteiger partial charge in [-0.05, 0) is 12.1 Å². The van der Waals surface area contributed by atoms with Gasteiger partial charge >= 0.3 is 0 Å². The monoisotopic (exact) mass is 219 g/mol. The molecule has 0 unspecified atom stereocenters. The molecule has 0 spiro atoms. The molecule has 3 aromatic rings. The van der Waals surface area contributed by atoms with E-state index in [1.807, 2.05) is 18.2 Å². The minimum Gasteiger partial charge on any atom is -0.243 e. The molecule has 0 aliphatic heterocycles. The second-order valence-corrected chi connectivity index (χ2v) is 4.49. The summed E-state index contributed by atoms with van der Waals surface area (Å²) in [7, 11) is 0. The molecule has 2 heterocycles. The van der Waals surface area contributed by atoms with Crippen LogP contribution in [0.4, 0.5) is 0 Å². The Bertz CT molecular complexity index is 615. The van der Waals surface area contributed by atoms with E-state index in [0.717, 1.165) is 4.70 Å². The summed E-state index contributed by atoms with van der Waals surface area (Å²) in [6, 6.07) is 10.3. The molecule has 3 rings (SSSR count). The largest absolute Gasteiger partial charge is 0.243 e. The third-order valence-corrected chi connectivity index (χ3v) is 3.84. The van der Waals surface area contributed by atoms with Crippen molar-refractivity contribution in [2.24, 2.45) is 0 Å². The van der Waals surface area contributed by atoms with E-state index >= 15 is 0 Å². The van der Waals surface area contributed by atoms with Crippen LogP contribution in [-0.2, 0) is 0 Å². The van der Waals surface area contributed by atoms with Crippen molar-refractivity contribution < 1.29 is 0 Å². The topological polar surface area (TPSA) is 12.9 Å². The lowest BCUT2D eigenvalue weighted by Crippen LogP contribution is -1.71. The standard InChI is InChI=1S/C11H6ClNS/c12-11-10-8(5-6-13-11)7-3-1-2-4-9(7)14-10/h1-6H. The molecule has 0 fully saturated rings. The van der Waals surface area contributed by atoms with Crippen LogP contribution >= 0.6 is 22.9 Å². The van der Waals surface area contributed by atoms with Gasteiger partial charge in [0.1, 0.15) is 5.15 Å². The van der Waals surface area contributed by atoms with E-state index in [1.54, 1.807) is 17.5 Å². The summed E-state index contributed by atoms with van der Waals surface area (Å²) in [5, 5.41) is 3.06. The van der Waals surface area contributed by atoms with Crippen molar-refractivity contribution in [1.82, 2.24) is 4.98 Å². The SMILES string of the molecule is Clc1nccc2c1sc1ccccc12. The highest BCUT2D eigenvalue weighted by Gasteiger charge is 2.06. The maximum absolute atomic E-state index is 6.03. The van der Waals surface area contributed by atoms with Crippen LogP contribution in [0.25, 0.3) is 20.2 Å². The summed E-state index contributed by atoms with van der Waals surface area (Å²) < 4.78 is 2.34. The molecule has 68 valence electrons. The van der Waals surface area contributed by atoms with Crippen LogP contribution in [0.1, 0.15) is 0 Å². The average Bonchev–Trinajstić information content (AvgIpc) is 2.59. The van der Waals surface area contributed by atoms with Crippen LogP contribution in [0.3, 0.4) is 0 Å². The molecule has 0 saturated carbocycles. The molecule has 1 nitrogen and oxygen atoms in total. The number of rotatable bonds is 0. The van der Waals surface area contributed by atoms with E-state index in [0.29, 0.717) is 5.15 Å². The fourth-order valence-electron chi connectivity index (χ4n) is 1.62. The lowest BCUT2D eigenvalue weighted by atomic mass is 10.2. The molecule has 3 heteroatoms. The Kier molecular flexibility index (Phi) is 1.72. The fourth-order valence-corrected chi connectivity index (χ4v) is 2.97. The van der Waals surface area contributed by atoms with E-state index in [-0.39, 0.29) is 0 Å². The van der Waals surface area contributed by atoms with Gasteiger partial charge in [-0.15, -0.1) is 11.3 Å². The summed E-state index contributed by atoms with van der Waals surface area (Å²) >= 11 is 7.72. The molecule has 0 saturated heterocycles. The molecule has 1 aromatic carbocycles. The highest BCUT2D eigenvalue weighted by Crippen LogP contribution is 2.36. The van der Waals surface area contributed by atoms with Crippen LogP contribution in [-0.4, -0.2) is 4.98 Å². The van der Waals surface area contributed by atoms with Crippen LogP contribution < -0.4 is 0 Å². The Morgan fingerprint density at radius 1 is 1.07 bits per heavy atom. The van der Waals surface area contributed by atoms with Crippen molar-refractivity contribution in [3.63, 3.8) is 0 Å². The van der Waals surface area contributed by atoms with E-state index in [1.165, 1.54) is 15.5 Å². The predicted octanol–water partition coefficient (Wildman–Crippen LogP) is 4.10. The zero-order chi connectivity index (χ0) is 9.54. The number of halogens is 1. The Morgan fingerprint density at radius 2 is 1.93 bits per heavy atom. The smallest absolute Gasteiger partial charge is 0.146 e. The summed E-state index contributed by atoms with van der Waals surface area (Å²) in [5.74, 6) is 0. The fraction of sp³-hybridized carbons (Fsp3) is 0. The van der Waals surface area contributed by atoms with Gasteiger partial charge in [-0.2, -0.15) is 0 Å². The van der Waals surface area contributed by atoms with Gasteiger partial charge in [-0.25, -0.2) is 4.98 Å². The van der Waals surface area contributed by atoms with Gasteiger partial charge in [-0.3, -0.25) is 0 Å². The van der Waals surface area contributed by atoms with Crippen molar-refractivity contribution in [3.8, 4) is 0 Å². The second-order valence-electron chi connectivity index (χ2n) is 3.08. The van der Waals surface area contributed by atoms with Gasteiger partial charge in [0.25, 0.3) is 0 Å². The van der Waals surface area contributed by atoms with Gasteiger partial charge in [0, 0.05) is 21.7 Å². The molecule has 2 aromatic heterocycles. The van der Waals surface area contributed by atoms with Crippen molar-refractivity contribution in [1.29, 1.82) is 0 Å². The third kappa shape index (κ3) is 1.04.